The van der Waals surface area contributed by atoms with Gasteiger partial charge in [-0.3, -0.25) is 4.79 Å². The van der Waals surface area contributed by atoms with Gasteiger partial charge >= 0.3 is 18.4 Å². The van der Waals surface area contributed by atoms with Gasteiger partial charge in [0.1, 0.15) is 5.82 Å². The van der Waals surface area contributed by atoms with E-state index in [1.165, 1.54) is 24.1 Å². The van der Waals surface area contributed by atoms with Crippen molar-refractivity contribution in [2.75, 3.05) is 20.6 Å². The summed E-state index contributed by atoms with van der Waals surface area (Å²) in [6.07, 6.45) is -9.29. The fraction of sp³-hybridized carbons (Fsp3) is 0.500. The SMILES string of the molecule is Cc1cc(F)ccc1[C@H]1C[C@@H](N(C)C(=O)C(C)C)CCN1C(=O)N(C)Cc1cc(C(F)(F)F)cc(C(F)(F)F)c1. The van der Waals surface area contributed by atoms with Gasteiger partial charge in [0.25, 0.3) is 0 Å². The van der Waals surface area contributed by atoms with Gasteiger partial charge in [0, 0.05) is 39.1 Å². The van der Waals surface area contributed by atoms with E-state index in [9.17, 15) is 40.3 Å². The summed E-state index contributed by atoms with van der Waals surface area (Å²) >= 11 is 0. The van der Waals surface area contributed by atoms with E-state index in [2.05, 4.69) is 0 Å². The van der Waals surface area contributed by atoms with E-state index in [1.54, 1.807) is 38.8 Å². The second-order valence-electron chi connectivity index (χ2n) is 10.5. The molecule has 0 aromatic heterocycles. The number of hydrogen-bond donors (Lipinski definition) is 0. The molecule has 0 saturated carbocycles. The maximum atomic E-state index is 13.9. The summed E-state index contributed by atoms with van der Waals surface area (Å²) in [5.74, 6) is -0.807. The number of urea groups is 1. The van der Waals surface area contributed by atoms with Crippen molar-refractivity contribution in [1.29, 1.82) is 0 Å². The maximum absolute atomic E-state index is 13.9. The molecule has 220 valence electrons. The third kappa shape index (κ3) is 7.06. The standard InChI is InChI=1S/C28H32F7N3O2/c1-16(2)25(39)37(5)22-8-9-38(24(14-22)23-7-6-21(29)10-17(23)3)26(40)36(4)15-18-11-19(27(30,31)32)13-20(12-18)28(33,34)35/h6-7,10-13,16,22,24H,8-9,14-15H2,1-5H3/t22-,24+/m0/s1. The Morgan fingerprint density at radius 3 is 2.05 bits per heavy atom. The van der Waals surface area contributed by atoms with Crippen LogP contribution in [0.5, 0.6) is 0 Å². The van der Waals surface area contributed by atoms with E-state index in [4.69, 9.17) is 0 Å². The van der Waals surface area contributed by atoms with Crippen molar-refractivity contribution in [3.8, 4) is 0 Å². The lowest BCUT2D eigenvalue weighted by Crippen LogP contribution is -2.52. The number of halogens is 7. The molecule has 1 aliphatic rings. The van der Waals surface area contributed by atoms with Gasteiger partial charge in [-0.25, -0.2) is 9.18 Å². The van der Waals surface area contributed by atoms with Crippen LogP contribution in [-0.2, 0) is 23.7 Å². The average molecular weight is 576 g/mol. The second-order valence-corrected chi connectivity index (χ2v) is 10.5. The number of carbonyl (C=O) groups is 2. The number of alkyl halides is 6. The summed E-state index contributed by atoms with van der Waals surface area (Å²) in [7, 11) is 2.97. The molecule has 1 fully saturated rings. The molecule has 1 heterocycles. The minimum absolute atomic E-state index is 0.0401. The van der Waals surface area contributed by atoms with Crippen LogP contribution < -0.4 is 0 Å². The number of rotatable bonds is 5. The van der Waals surface area contributed by atoms with Crippen LogP contribution in [0.25, 0.3) is 0 Å². The molecule has 0 N–H and O–H groups in total. The van der Waals surface area contributed by atoms with Crippen LogP contribution in [0, 0.1) is 18.7 Å². The smallest absolute Gasteiger partial charge is 0.342 e. The fourth-order valence-corrected chi connectivity index (χ4v) is 5.09. The van der Waals surface area contributed by atoms with Crippen LogP contribution in [0.3, 0.4) is 0 Å². The number of carbonyl (C=O) groups excluding carboxylic acids is 2. The van der Waals surface area contributed by atoms with Crippen molar-refractivity contribution in [2.45, 2.75) is 64.6 Å². The van der Waals surface area contributed by atoms with Gasteiger partial charge in [-0.1, -0.05) is 19.9 Å². The maximum Gasteiger partial charge on any atom is 0.416 e. The first-order valence-electron chi connectivity index (χ1n) is 12.7. The number of aryl methyl sites for hydroxylation is 1. The van der Waals surface area contributed by atoms with Gasteiger partial charge in [0.05, 0.1) is 17.2 Å². The molecule has 2 aromatic rings. The fourth-order valence-electron chi connectivity index (χ4n) is 5.09. The first-order chi connectivity index (χ1) is 18.4. The lowest BCUT2D eigenvalue weighted by atomic mass is 9.88. The first kappa shape index (κ1) is 31.2. The number of nitrogens with zero attached hydrogens (tertiary/aromatic N) is 3. The molecule has 1 saturated heterocycles. The Balaban J connectivity index is 1.93. The van der Waals surface area contributed by atoms with Gasteiger partial charge in [-0.05, 0) is 66.8 Å². The van der Waals surface area contributed by atoms with Crippen molar-refractivity contribution in [3.63, 3.8) is 0 Å². The summed E-state index contributed by atoms with van der Waals surface area (Å²) in [6, 6.07) is 3.89. The van der Waals surface area contributed by atoms with Gasteiger partial charge in [-0.15, -0.1) is 0 Å². The topological polar surface area (TPSA) is 43.9 Å². The summed E-state index contributed by atoms with van der Waals surface area (Å²) in [4.78, 5) is 30.4. The molecule has 3 rings (SSSR count). The third-order valence-corrected chi connectivity index (χ3v) is 7.19. The summed E-state index contributed by atoms with van der Waals surface area (Å²) in [5.41, 5.74) is -2.05. The molecule has 2 aromatic carbocycles. The third-order valence-electron chi connectivity index (χ3n) is 7.19. The highest BCUT2D eigenvalue weighted by molar-refractivity contribution is 5.78. The van der Waals surface area contributed by atoms with E-state index >= 15 is 0 Å². The van der Waals surface area contributed by atoms with E-state index < -0.39 is 47.9 Å². The Bertz CT molecular complexity index is 1210. The zero-order valence-electron chi connectivity index (χ0n) is 22.8. The van der Waals surface area contributed by atoms with Crippen molar-refractivity contribution in [3.05, 3.63) is 70.0 Å². The van der Waals surface area contributed by atoms with E-state index in [-0.39, 0.29) is 36.0 Å². The number of piperidine rings is 1. The molecule has 3 amide bonds. The molecule has 2 atom stereocenters. The lowest BCUT2D eigenvalue weighted by molar-refractivity contribution is -0.143. The molecule has 12 heteroatoms. The lowest BCUT2D eigenvalue weighted by Gasteiger charge is -2.44. The van der Waals surface area contributed by atoms with E-state index in [0.29, 0.717) is 36.1 Å². The molecule has 0 radical (unpaired) electrons. The van der Waals surface area contributed by atoms with Crippen molar-refractivity contribution in [2.24, 2.45) is 5.92 Å². The normalized spacial score (nSPS) is 18.2. The molecule has 40 heavy (non-hydrogen) atoms. The van der Waals surface area contributed by atoms with E-state index in [0.717, 1.165) is 4.90 Å². The van der Waals surface area contributed by atoms with Gasteiger partial charge in [-0.2, -0.15) is 26.3 Å². The van der Waals surface area contributed by atoms with Crippen LogP contribution in [0.1, 0.15) is 60.5 Å². The Hall–Kier alpha value is -3.31. The molecule has 1 aliphatic heterocycles. The van der Waals surface area contributed by atoms with Crippen LogP contribution in [0.2, 0.25) is 0 Å². The van der Waals surface area contributed by atoms with Crippen LogP contribution in [-0.4, -0.2) is 53.3 Å². The highest BCUT2D eigenvalue weighted by Gasteiger charge is 2.39. The number of amides is 3. The number of likely N-dealkylation sites (tertiary alicyclic amines) is 1. The van der Waals surface area contributed by atoms with Gasteiger partial charge in [0.15, 0.2) is 0 Å². The number of benzene rings is 2. The Morgan fingerprint density at radius 1 is 0.975 bits per heavy atom. The largest absolute Gasteiger partial charge is 0.416 e. The van der Waals surface area contributed by atoms with Crippen LogP contribution in [0.4, 0.5) is 35.5 Å². The Morgan fingerprint density at radius 2 is 1.55 bits per heavy atom. The van der Waals surface area contributed by atoms with Crippen LogP contribution in [0.15, 0.2) is 36.4 Å². The van der Waals surface area contributed by atoms with E-state index in [1.807, 2.05) is 0 Å². The molecule has 5 nitrogen and oxygen atoms in total. The summed E-state index contributed by atoms with van der Waals surface area (Å²) in [5, 5.41) is 0. The molecule has 0 spiro atoms. The van der Waals surface area contributed by atoms with Gasteiger partial charge < -0.3 is 14.7 Å². The first-order valence-corrected chi connectivity index (χ1v) is 12.7. The highest BCUT2D eigenvalue weighted by atomic mass is 19.4. The second kappa shape index (κ2) is 11.7. The quantitative estimate of drug-likeness (QED) is 0.359. The Labute approximate surface area is 228 Å². The average Bonchev–Trinajstić information content (AvgIpc) is 2.85. The summed E-state index contributed by atoms with van der Waals surface area (Å²) in [6.45, 7) is 4.88. The minimum Gasteiger partial charge on any atom is -0.342 e. The molecule has 0 unspecified atom stereocenters. The van der Waals surface area contributed by atoms with Gasteiger partial charge in [0.2, 0.25) is 5.91 Å². The van der Waals surface area contributed by atoms with Crippen molar-refractivity contribution >= 4 is 11.9 Å². The predicted molar refractivity (Wildman–Crippen MR) is 135 cm³/mol. The van der Waals surface area contributed by atoms with Crippen LogP contribution >= 0.6 is 0 Å². The zero-order valence-corrected chi connectivity index (χ0v) is 22.8. The number of hydrogen-bond acceptors (Lipinski definition) is 2. The Kier molecular flexibility index (Phi) is 9.10. The molecular weight excluding hydrogens is 543 g/mol. The molecule has 0 aliphatic carbocycles. The summed E-state index contributed by atoms with van der Waals surface area (Å²) < 4.78 is 93.8. The zero-order chi connectivity index (χ0) is 30.2. The molecule has 0 bridgehead atoms. The minimum atomic E-state index is -5.01. The molecular formula is C28H32F7N3O2. The van der Waals surface area contributed by atoms with Crippen molar-refractivity contribution < 1.29 is 40.3 Å². The highest BCUT2D eigenvalue weighted by Crippen LogP contribution is 2.38. The van der Waals surface area contributed by atoms with Crippen molar-refractivity contribution in [1.82, 2.24) is 14.7 Å². The monoisotopic (exact) mass is 575 g/mol. The predicted octanol–water partition coefficient (Wildman–Crippen LogP) is 7.04.